The standard InChI is InChI=1S/C16H18N2O2.CH4/c1-2-20-16(19)10-13-5-3-12(4-6-13)9-15-8-7-14(17)11-18-15;/h3-8,11H,2,9-10,17H2,1H3;1H4. The molecular formula is C17H22N2O2. The number of ether oxygens (including phenoxy) is 1. The van der Waals surface area contributed by atoms with E-state index in [1.165, 1.54) is 0 Å². The van der Waals surface area contributed by atoms with Crippen molar-refractivity contribution in [3.63, 3.8) is 0 Å². The van der Waals surface area contributed by atoms with Gasteiger partial charge in [0, 0.05) is 12.1 Å². The van der Waals surface area contributed by atoms with E-state index < -0.39 is 0 Å². The molecule has 0 aliphatic heterocycles. The number of pyridine rings is 1. The van der Waals surface area contributed by atoms with Gasteiger partial charge in [-0.3, -0.25) is 9.78 Å². The first-order chi connectivity index (χ1) is 9.67. The minimum atomic E-state index is -0.194. The van der Waals surface area contributed by atoms with Crippen molar-refractivity contribution in [3.8, 4) is 0 Å². The molecule has 0 spiro atoms. The molecule has 21 heavy (non-hydrogen) atoms. The minimum Gasteiger partial charge on any atom is -0.466 e. The molecule has 0 fully saturated rings. The first kappa shape index (κ1) is 16.7. The lowest BCUT2D eigenvalue weighted by atomic mass is 10.1. The molecule has 112 valence electrons. The fourth-order valence-corrected chi connectivity index (χ4v) is 1.90. The maximum absolute atomic E-state index is 11.4. The van der Waals surface area contributed by atoms with E-state index in [0.717, 1.165) is 23.2 Å². The lowest BCUT2D eigenvalue weighted by Crippen LogP contribution is -2.07. The van der Waals surface area contributed by atoms with Crippen LogP contribution in [0.15, 0.2) is 42.6 Å². The predicted molar refractivity (Wildman–Crippen MR) is 85.0 cm³/mol. The fourth-order valence-electron chi connectivity index (χ4n) is 1.90. The van der Waals surface area contributed by atoms with Gasteiger partial charge in [0.2, 0.25) is 0 Å². The summed E-state index contributed by atoms with van der Waals surface area (Å²) in [4.78, 5) is 15.6. The Morgan fingerprint density at radius 3 is 2.38 bits per heavy atom. The Balaban J connectivity index is 0.00000220. The monoisotopic (exact) mass is 286 g/mol. The van der Waals surface area contributed by atoms with Crippen LogP contribution in [0.5, 0.6) is 0 Å². The largest absolute Gasteiger partial charge is 0.466 e. The Bertz CT molecular complexity index is 562. The van der Waals surface area contributed by atoms with Crippen LogP contribution in [0.1, 0.15) is 31.2 Å². The van der Waals surface area contributed by atoms with Gasteiger partial charge >= 0.3 is 5.97 Å². The molecule has 0 amide bonds. The number of rotatable bonds is 5. The molecule has 0 bridgehead atoms. The van der Waals surface area contributed by atoms with Crippen LogP contribution in [0.3, 0.4) is 0 Å². The van der Waals surface area contributed by atoms with Gasteiger partial charge in [0.15, 0.2) is 0 Å². The molecule has 2 N–H and O–H groups in total. The molecular weight excluding hydrogens is 264 g/mol. The molecule has 0 unspecified atom stereocenters. The maximum atomic E-state index is 11.4. The van der Waals surface area contributed by atoms with E-state index in [1.807, 2.05) is 36.4 Å². The van der Waals surface area contributed by atoms with Crippen LogP contribution in [-0.2, 0) is 22.4 Å². The SMILES string of the molecule is C.CCOC(=O)Cc1ccc(Cc2ccc(N)cn2)cc1. The van der Waals surface area contributed by atoms with Gasteiger partial charge in [0.05, 0.1) is 24.9 Å². The van der Waals surface area contributed by atoms with Gasteiger partial charge in [-0.25, -0.2) is 0 Å². The number of nitrogens with zero attached hydrogens (tertiary/aromatic N) is 1. The third-order valence-electron chi connectivity index (χ3n) is 2.91. The topological polar surface area (TPSA) is 65.2 Å². The second-order valence-electron chi connectivity index (χ2n) is 4.56. The molecule has 0 saturated heterocycles. The summed E-state index contributed by atoms with van der Waals surface area (Å²) in [7, 11) is 0. The summed E-state index contributed by atoms with van der Waals surface area (Å²) in [6.45, 7) is 2.22. The molecule has 4 heteroatoms. The fraction of sp³-hybridized carbons (Fsp3) is 0.294. The molecule has 1 aromatic carbocycles. The quantitative estimate of drug-likeness (QED) is 0.858. The normalized spacial score (nSPS) is 9.76. The van der Waals surface area contributed by atoms with E-state index in [1.54, 1.807) is 13.1 Å². The maximum Gasteiger partial charge on any atom is 0.310 e. The highest BCUT2D eigenvalue weighted by Crippen LogP contribution is 2.11. The number of nitrogens with two attached hydrogens (primary N) is 1. The second-order valence-corrected chi connectivity index (χ2v) is 4.56. The number of carbonyl (C=O) groups is 1. The van der Waals surface area contributed by atoms with E-state index in [9.17, 15) is 4.79 Å². The highest BCUT2D eigenvalue weighted by atomic mass is 16.5. The lowest BCUT2D eigenvalue weighted by molar-refractivity contribution is -0.142. The molecule has 0 aliphatic rings. The smallest absolute Gasteiger partial charge is 0.310 e. The van der Waals surface area contributed by atoms with Crippen molar-refractivity contribution in [1.29, 1.82) is 0 Å². The van der Waals surface area contributed by atoms with Crippen LogP contribution in [0.2, 0.25) is 0 Å². The summed E-state index contributed by atoms with van der Waals surface area (Å²) in [6, 6.07) is 11.7. The second kappa shape index (κ2) is 8.04. The van der Waals surface area contributed by atoms with E-state index >= 15 is 0 Å². The summed E-state index contributed by atoms with van der Waals surface area (Å²) in [5.41, 5.74) is 9.34. The Morgan fingerprint density at radius 2 is 1.81 bits per heavy atom. The zero-order valence-electron chi connectivity index (χ0n) is 11.5. The summed E-state index contributed by atoms with van der Waals surface area (Å²) in [5, 5.41) is 0. The summed E-state index contributed by atoms with van der Waals surface area (Å²) >= 11 is 0. The average molecular weight is 286 g/mol. The van der Waals surface area contributed by atoms with Gasteiger partial charge < -0.3 is 10.5 Å². The average Bonchev–Trinajstić information content (AvgIpc) is 2.44. The highest BCUT2D eigenvalue weighted by molar-refractivity contribution is 5.72. The Morgan fingerprint density at radius 1 is 1.14 bits per heavy atom. The lowest BCUT2D eigenvalue weighted by Gasteiger charge is -2.05. The van der Waals surface area contributed by atoms with Crippen molar-refractivity contribution < 1.29 is 9.53 Å². The van der Waals surface area contributed by atoms with E-state index in [-0.39, 0.29) is 13.4 Å². The van der Waals surface area contributed by atoms with Gasteiger partial charge in [-0.1, -0.05) is 31.7 Å². The van der Waals surface area contributed by atoms with E-state index in [4.69, 9.17) is 10.5 Å². The number of benzene rings is 1. The van der Waals surface area contributed by atoms with Gasteiger partial charge in [0.1, 0.15) is 0 Å². The number of aromatic nitrogens is 1. The van der Waals surface area contributed by atoms with Gasteiger partial charge in [-0.15, -0.1) is 0 Å². The first-order valence-electron chi connectivity index (χ1n) is 6.61. The number of hydrogen-bond acceptors (Lipinski definition) is 4. The van der Waals surface area contributed by atoms with Crippen molar-refractivity contribution >= 4 is 11.7 Å². The van der Waals surface area contributed by atoms with Crippen molar-refractivity contribution in [2.75, 3.05) is 12.3 Å². The van der Waals surface area contributed by atoms with Crippen molar-refractivity contribution in [3.05, 3.63) is 59.4 Å². The van der Waals surface area contributed by atoms with Crippen LogP contribution < -0.4 is 5.73 Å². The highest BCUT2D eigenvalue weighted by Gasteiger charge is 2.04. The Hall–Kier alpha value is -2.36. The molecule has 1 heterocycles. The number of nitrogen functional groups attached to an aromatic ring is 1. The van der Waals surface area contributed by atoms with E-state index in [2.05, 4.69) is 4.98 Å². The van der Waals surface area contributed by atoms with Crippen molar-refractivity contribution in [2.24, 2.45) is 0 Å². The number of esters is 1. The van der Waals surface area contributed by atoms with Crippen LogP contribution >= 0.6 is 0 Å². The van der Waals surface area contributed by atoms with Gasteiger partial charge in [0.25, 0.3) is 0 Å². The first-order valence-corrected chi connectivity index (χ1v) is 6.61. The zero-order valence-corrected chi connectivity index (χ0v) is 11.5. The van der Waals surface area contributed by atoms with Crippen LogP contribution in [-0.4, -0.2) is 17.6 Å². The van der Waals surface area contributed by atoms with Crippen LogP contribution in [0.25, 0.3) is 0 Å². The van der Waals surface area contributed by atoms with Crippen molar-refractivity contribution in [1.82, 2.24) is 4.98 Å². The third-order valence-corrected chi connectivity index (χ3v) is 2.91. The third kappa shape index (κ3) is 5.26. The van der Waals surface area contributed by atoms with Crippen LogP contribution in [0, 0.1) is 0 Å². The van der Waals surface area contributed by atoms with Crippen LogP contribution in [0.4, 0.5) is 5.69 Å². The summed E-state index contributed by atoms with van der Waals surface area (Å²) < 4.78 is 4.92. The summed E-state index contributed by atoms with van der Waals surface area (Å²) in [5.74, 6) is -0.194. The minimum absolute atomic E-state index is 0. The van der Waals surface area contributed by atoms with Gasteiger partial charge in [-0.05, 0) is 30.2 Å². The molecule has 0 saturated carbocycles. The zero-order chi connectivity index (χ0) is 14.4. The molecule has 4 nitrogen and oxygen atoms in total. The molecule has 0 aliphatic carbocycles. The molecule has 2 rings (SSSR count). The predicted octanol–water partition coefficient (Wildman–Crippen LogP) is 3.00. The molecule has 1 aromatic heterocycles. The molecule has 2 aromatic rings. The van der Waals surface area contributed by atoms with E-state index in [0.29, 0.717) is 18.7 Å². The Kier molecular flexibility index (Phi) is 6.40. The van der Waals surface area contributed by atoms with Crippen molar-refractivity contribution in [2.45, 2.75) is 27.2 Å². The number of carbonyl (C=O) groups excluding carboxylic acids is 1. The van der Waals surface area contributed by atoms with Gasteiger partial charge in [-0.2, -0.15) is 0 Å². The number of anilines is 1. The molecule has 0 atom stereocenters. The molecule has 0 radical (unpaired) electrons. The Labute approximate surface area is 126 Å². The number of hydrogen-bond donors (Lipinski definition) is 1. The summed E-state index contributed by atoms with van der Waals surface area (Å²) in [6.07, 6.45) is 2.72.